The van der Waals surface area contributed by atoms with E-state index in [0.29, 0.717) is 38.5 Å². The number of hydrogen-bond acceptors (Lipinski definition) is 4. The van der Waals surface area contributed by atoms with Gasteiger partial charge in [-0.05, 0) is 17.7 Å². The number of nitrogens with one attached hydrogen (secondary N) is 1. The smallest absolute Gasteiger partial charge is 0.246 e. The first-order chi connectivity index (χ1) is 11.2. The third kappa shape index (κ3) is 3.72. The third-order valence-corrected chi connectivity index (χ3v) is 5.72. The van der Waals surface area contributed by atoms with Crippen LogP contribution in [0.25, 0.3) is 0 Å². The van der Waals surface area contributed by atoms with Gasteiger partial charge < -0.3 is 10.1 Å². The van der Waals surface area contributed by atoms with Gasteiger partial charge in [0.15, 0.2) is 0 Å². The zero-order valence-electron chi connectivity index (χ0n) is 12.8. The van der Waals surface area contributed by atoms with Crippen LogP contribution in [0.4, 0.5) is 0 Å². The number of piperazine rings is 1. The molecular weight excluding hydrogens is 312 g/mol. The fraction of sp³-hybridized carbons (Fsp3) is 0.294. The van der Waals surface area contributed by atoms with Crippen molar-refractivity contribution in [2.45, 2.75) is 11.5 Å². The van der Waals surface area contributed by atoms with Crippen LogP contribution >= 0.6 is 0 Å². The predicted molar refractivity (Wildman–Crippen MR) is 88.8 cm³/mol. The van der Waals surface area contributed by atoms with Crippen molar-refractivity contribution < 1.29 is 13.2 Å². The summed E-state index contributed by atoms with van der Waals surface area (Å²) < 4.78 is 33.0. The van der Waals surface area contributed by atoms with Crippen molar-refractivity contribution >= 4 is 10.0 Å². The summed E-state index contributed by atoms with van der Waals surface area (Å²) in [4.78, 5) is 0.234. The maximum atomic E-state index is 12.8. The summed E-state index contributed by atoms with van der Waals surface area (Å²) in [6.07, 6.45) is 0. The molecule has 0 spiro atoms. The van der Waals surface area contributed by atoms with Gasteiger partial charge in [0.1, 0.15) is 17.3 Å². The molecule has 6 heteroatoms. The lowest BCUT2D eigenvalue weighted by Gasteiger charge is -2.27. The number of ether oxygens (including phenoxy) is 1. The van der Waals surface area contributed by atoms with E-state index in [4.69, 9.17) is 4.74 Å². The first kappa shape index (κ1) is 16.0. The normalized spacial score (nSPS) is 16.2. The summed E-state index contributed by atoms with van der Waals surface area (Å²) >= 11 is 0. The zero-order chi connectivity index (χ0) is 16.1. The lowest BCUT2D eigenvalue weighted by molar-refractivity contribution is 0.295. The molecule has 0 saturated carbocycles. The number of para-hydroxylation sites is 1. The molecule has 122 valence electrons. The molecule has 0 bridgehead atoms. The number of hydrogen-bond donors (Lipinski definition) is 1. The minimum atomic E-state index is -3.53. The highest BCUT2D eigenvalue weighted by molar-refractivity contribution is 7.89. The maximum absolute atomic E-state index is 12.8. The topological polar surface area (TPSA) is 58.6 Å². The molecule has 1 fully saturated rings. The van der Waals surface area contributed by atoms with Crippen molar-refractivity contribution in [3.63, 3.8) is 0 Å². The minimum Gasteiger partial charge on any atom is -0.487 e. The molecule has 1 saturated heterocycles. The summed E-state index contributed by atoms with van der Waals surface area (Å²) in [5, 5.41) is 3.16. The monoisotopic (exact) mass is 332 g/mol. The van der Waals surface area contributed by atoms with Gasteiger partial charge in [0.05, 0.1) is 0 Å². The van der Waals surface area contributed by atoms with Gasteiger partial charge in [0.25, 0.3) is 0 Å². The third-order valence-electron chi connectivity index (χ3n) is 3.78. The second-order valence-electron chi connectivity index (χ2n) is 5.38. The van der Waals surface area contributed by atoms with E-state index in [0.717, 1.165) is 5.56 Å². The lowest BCUT2D eigenvalue weighted by Crippen LogP contribution is -2.46. The number of nitrogens with zero attached hydrogens (tertiary/aromatic N) is 1. The largest absolute Gasteiger partial charge is 0.487 e. The van der Waals surface area contributed by atoms with Crippen LogP contribution in [0.2, 0.25) is 0 Å². The maximum Gasteiger partial charge on any atom is 0.246 e. The van der Waals surface area contributed by atoms with Gasteiger partial charge in [-0.3, -0.25) is 0 Å². The molecule has 23 heavy (non-hydrogen) atoms. The molecule has 0 radical (unpaired) electrons. The molecular formula is C17H20N2O3S. The Balaban J connectivity index is 1.82. The van der Waals surface area contributed by atoms with Gasteiger partial charge in [0.2, 0.25) is 10.0 Å². The van der Waals surface area contributed by atoms with E-state index < -0.39 is 10.0 Å². The van der Waals surface area contributed by atoms with Gasteiger partial charge in [-0.25, -0.2) is 8.42 Å². The van der Waals surface area contributed by atoms with Gasteiger partial charge in [-0.2, -0.15) is 4.31 Å². The second kappa shape index (κ2) is 7.12. The summed E-state index contributed by atoms with van der Waals surface area (Å²) in [6, 6.07) is 16.5. The van der Waals surface area contributed by atoms with Crippen molar-refractivity contribution in [1.82, 2.24) is 9.62 Å². The highest BCUT2D eigenvalue weighted by Crippen LogP contribution is 2.27. The Bertz CT molecular complexity index is 741. The summed E-state index contributed by atoms with van der Waals surface area (Å²) in [7, 11) is -3.53. The van der Waals surface area contributed by atoms with E-state index in [1.807, 2.05) is 30.3 Å². The van der Waals surface area contributed by atoms with Gasteiger partial charge in [-0.15, -0.1) is 0 Å². The SMILES string of the molecule is O=S(=O)(c1ccccc1OCc1ccccc1)N1CCNCC1. The van der Waals surface area contributed by atoms with Crippen molar-refractivity contribution in [3.05, 3.63) is 60.2 Å². The van der Waals surface area contributed by atoms with Crippen LogP contribution < -0.4 is 10.1 Å². The van der Waals surface area contributed by atoms with E-state index >= 15 is 0 Å². The van der Waals surface area contributed by atoms with E-state index in [1.54, 1.807) is 24.3 Å². The Morgan fingerprint density at radius 2 is 1.61 bits per heavy atom. The molecule has 2 aromatic rings. The first-order valence-corrected chi connectivity index (χ1v) is 9.08. The summed E-state index contributed by atoms with van der Waals surface area (Å²) in [5.41, 5.74) is 1.00. The Morgan fingerprint density at radius 3 is 2.35 bits per heavy atom. The Labute approximate surface area is 136 Å². The van der Waals surface area contributed by atoms with E-state index in [-0.39, 0.29) is 4.90 Å². The molecule has 5 nitrogen and oxygen atoms in total. The van der Waals surface area contributed by atoms with E-state index in [9.17, 15) is 8.42 Å². The number of benzene rings is 2. The van der Waals surface area contributed by atoms with Crippen LogP contribution in [0.5, 0.6) is 5.75 Å². The second-order valence-corrected chi connectivity index (χ2v) is 7.28. The molecule has 1 aliphatic heterocycles. The average molecular weight is 332 g/mol. The van der Waals surface area contributed by atoms with E-state index in [1.165, 1.54) is 4.31 Å². The van der Waals surface area contributed by atoms with Crippen molar-refractivity contribution in [1.29, 1.82) is 0 Å². The molecule has 2 aromatic carbocycles. The highest BCUT2D eigenvalue weighted by atomic mass is 32.2. The van der Waals surface area contributed by atoms with Crippen LogP contribution in [-0.2, 0) is 16.6 Å². The quantitative estimate of drug-likeness (QED) is 0.908. The Kier molecular flexibility index (Phi) is 4.95. The van der Waals surface area contributed by atoms with E-state index in [2.05, 4.69) is 5.32 Å². The lowest BCUT2D eigenvalue weighted by atomic mass is 10.2. The molecule has 0 aromatic heterocycles. The van der Waals surface area contributed by atoms with Crippen molar-refractivity contribution in [3.8, 4) is 5.75 Å². The molecule has 0 aliphatic carbocycles. The van der Waals surface area contributed by atoms with Crippen LogP contribution in [-0.4, -0.2) is 38.9 Å². The number of rotatable bonds is 5. The molecule has 1 aliphatic rings. The van der Waals surface area contributed by atoms with Crippen LogP contribution in [0.3, 0.4) is 0 Å². The highest BCUT2D eigenvalue weighted by Gasteiger charge is 2.28. The van der Waals surface area contributed by atoms with Crippen LogP contribution in [0.1, 0.15) is 5.56 Å². The average Bonchev–Trinajstić information content (AvgIpc) is 2.62. The number of sulfonamides is 1. The Morgan fingerprint density at radius 1 is 0.957 bits per heavy atom. The zero-order valence-corrected chi connectivity index (χ0v) is 13.6. The molecule has 0 unspecified atom stereocenters. The summed E-state index contributed by atoms with van der Waals surface area (Å²) in [6.45, 7) is 2.65. The van der Waals surface area contributed by atoms with Crippen LogP contribution in [0, 0.1) is 0 Å². The van der Waals surface area contributed by atoms with Crippen molar-refractivity contribution in [2.75, 3.05) is 26.2 Å². The predicted octanol–water partition coefficient (Wildman–Crippen LogP) is 1.86. The first-order valence-electron chi connectivity index (χ1n) is 7.64. The summed E-state index contributed by atoms with van der Waals surface area (Å²) in [5.74, 6) is 0.398. The van der Waals surface area contributed by atoms with Gasteiger partial charge >= 0.3 is 0 Å². The molecule has 3 rings (SSSR count). The standard InChI is InChI=1S/C17H20N2O3S/c20-23(21,19-12-10-18-11-13-19)17-9-5-4-8-16(17)22-14-15-6-2-1-3-7-15/h1-9,18H,10-14H2. The Hall–Kier alpha value is -1.89. The molecule has 1 N–H and O–H groups in total. The minimum absolute atomic E-state index is 0.234. The fourth-order valence-corrected chi connectivity index (χ4v) is 4.11. The molecule has 0 amide bonds. The van der Waals surface area contributed by atoms with Gasteiger partial charge in [0, 0.05) is 26.2 Å². The fourth-order valence-electron chi connectivity index (χ4n) is 2.54. The molecule has 0 atom stereocenters. The van der Waals surface area contributed by atoms with Crippen LogP contribution in [0.15, 0.2) is 59.5 Å². The van der Waals surface area contributed by atoms with Crippen molar-refractivity contribution in [2.24, 2.45) is 0 Å². The van der Waals surface area contributed by atoms with Gasteiger partial charge in [-0.1, -0.05) is 42.5 Å². The molecule has 1 heterocycles.